The first kappa shape index (κ1) is 23.1. The van der Waals surface area contributed by atoms with E-state index in [9.17, 15) is 30.3 Å². The quantitative estimate of drug-likeness (QED) is 0.187. The summed E-state index contributed by atoms with van der Waals surface area (Å²) in [5.41, 5.74) is 5.92. The maximum atomic E-state index is 11.8. The van der Waals surface area contributed by atoms with Crippen molar-refractivity contribution in [3.05, 3.63) is 29.8 Å². The van der Waals surface area contributed by atoms with Crippen LogP contribution in [-0.4, -0.2) is 81.8 Å². The Labute approximate surface area is 168 Å². The summed E-state index contributed by atoms with van der Waals surface area (Å²) in [4.78, 5) is 11.8. The van der Waals surface area contributed by atoms with Gasteiger partial charge in [0.15, 0.2) is 11.5 Å². The lowest BCUT2D eigenvalue weighted by molar-refractivity contribution is -0.277. The molecule has 1 heterocycles. The number of phenols is 1. The van der Waals surface area contributed by atoms with Crippen LogP contribution in [0.5, 0.6) is 11.5 Å². The first-order valence-electron chi connectivity index (χ1n) is 9.33. The number of hydrogen-bond donors (Lipinski definition) is 7. The summed E-state index contributed by atoms with van der Waals surface area (Å²) in [6.45, 7) is 0.484. The van der Waals surface area contributed by atoms with Gasteiger partial charge in [-0.3, -0.25) is 4.79 Å². The van der Waals surface area contributed by atoms with Crippen LogP contribution in [0.3, 0.4) is 0 Å². The summed E-state index contributed by atoms with van der Waals surface area (Å²) in [6.07, 6.45) is -2.84. The molecule has 0 saturated carbocycles. The monoisotopic (exact) mass is 412 g/mol. The molecular formula is C19H28N2O8. The fourth-order valence-electron chi connectivity index (χ4n) is 2.73. The zero-order valence-corrected chi connectivity index (χ0v) is 15.8. The molecule has 29 heavy (non-hydrogen) atoms. The minimum atomic E-state index is -1.61. The number of unbranched alkanes of at least 4 members (excludes halogenated alkanes) is 1. The summed E-state index contributed by atoms with van der Waals surface area (Å²) >= 11 is 0. The summed E-state index contributed by atoms with van der Waals surface area (Å²) < 4.78 is 10.7. The molecule has 1 amide bonds. The minimum Gasteiger partial charge on any atom is -0.504 e. The molecule has 0 aliphatic carbocycles. The maximum absolute atomic E-state index is 11.8. The van der Waals surface area contributed by atoms with Crippen LogP contribution in [0.1, 0.15) is 18.4 Å². The van der Waals surface area contributed by atoms with Crippen molar-refractivity contribution >= 4 is 12.0 Å². The van der Waals surface area contributed by atoms with Crippen LogP contribution in [0.2, 0.25) is 0 Å². The molecular weight excluding hydrogens is 384 g/mol. The lowest BCUT2D eigenvalue weighted by atomic mass is 9.99. The Morgan fingerprint density at radius 1 is 1.21 bits per heavy atom. The van der Waals surface area contributed by atoms with Crippen molar-refractivity contribution in [3.8, 4) is 11.5 Å². The van der Waals surface area contributed by atoms with Gasteiger partial charge in [0.2, 0.25) is 12.2 Å². The standard InChI is InChI=1S/C19H28N2O8/c20-7-1-2-8-21-15(24)6-4-11-3-5-12(23)13(9-11)28-19-18(27)17(26)16(25)14(10-22)29-19/h3-6,9,14,16-19,22-23,25-27H,1-2,7-8,10,20H2,(H,21,24)/b6-4+/t14-,16-,17+,18-,19-/m1/s1. The Hall–Kier alpha value is -2.21. The molecule has 1 fully saturated rings. The number of carbonyl (C=O) groups excluding carboxylic acids is 1. The molecule has 1 aliphatic rings. The Balaban J connectivity index is 2.03. The number of aliphatic hydroxyl groups is 4. The molecule has 1 aromatic carbocycles. The number of amides is 1. The Morgan fingerprint density at radius 2 is 1.97 bits per heavy atom. The number of ether oxygens (including phenoxy) is 2. The van der Waals surface area contributed by atoms with E-state index in [4.69, 9.17) is 15.2 Å². The molecule has 0 radical (unpaired) electrons. The Morgan fingerprint density at radius 3 is 2.66 bits per heavy atom. The SMILES string of the molecule is NCCCCNC(=O)/C=C/c1ccc(O)c(O[C@@H]2O[C@H](CO)[C@@H](O)[C@H](O)[C@H]2O)c1. The van der Waals surface area contributed by atoms with E-state index in [2.05, 4.69) is 5.32 Å². The van der Waals surface area contributed by atoms with Gasteiger partial charge in [0, 0.05) is 12.6 Å². The van der Waals surface area contributed by atoms with Crippen LogP contribution in [-0.2, 0) is 9.53 Å². The van der Waals surface area contributed by atoms with Crippen molar-refractivity contribution in [2.45, 2.75) is 43.5 Å². The highest BCUT2D eigenvalue weighted by Gasteiger charge is 2.44. The lowest BCUT2D eigenvalue weighted by Crippen LogP contribution is -2.60. The van der Waals surface area contributed by atoms with Crippen molar-refractivity contribution < 1.29 is 39.8 Å². The van der Waals surface area contributed by atoms with Crippen LogP contribution in [0, 0.1) is 0 Å². The summed E-state index contributed by atoms with van der Waals surface area (Å²) in [5, 5.41) is 51.6. The van der Waals surface area contributed by atoms with E-state index in [0.717, 1.165) is 12.8 Å². The number of nitrogens with one attached hydrogen (secondary N) is 1. The van der Waals surface area contributed by atoms with Gasteiger partial charge in [0.1, 0.15) is 24.4 Å². The molecule has 0 bridgehead atoms. The molecule has 162 valence electrons. The second-order valence-electron chi connectivity index (χ2n) is 6.66. The summed E-state index contributed by atoms with van der Waals surface area (Å²) in [6, 6.07) is 4.29. The van der Waals surface area contributed by atoms with E-state index in [1.807, 2.05) is 0 Å². The predicted molar refractivity (Wildman–Crippen MR) is 103 cm³/mol. The van der Waals surface area contributed by atoms with Crippen LogP contribution in [0.25, 0.3) is 6.08 Å². The third-order valence-electron chi connectivity index (χ3n) is 4.43. The highest BCUT2D eigenvalue weighted by Crippen LogP contribution is 2.31. The van der Waals surface area contributed by atoms with Crippen LogP contribution in [0.4, 0.5) is 0 Å². The van der Waals surface area contributed by atoms with Gasteiger partial charge in [-0.25, -0.2) is 0 Å². The summed E-state index contributed by atoms with van der Waals surface area (Å²) in [7, 11) is 0. The zero-order valence-electron chi connectivity index (χ0n) is 15.8. The second kappa shape index (κ2) is 11.1. The molecule has 5 atom stereocenters. The Kier molecular flexibility index (Phi) is 8.83. The van der Waals surface area contributed by atoms with Gasteiger partial charge in [0.25, 0.3) is 0 Å². The number of benzene rings is 1. The number of hydrogen-bond acceptors (Lipinski definition) is 9. The molecule has 2 rings (SSSR count). The molecule has 0 spiro atoms. The molecule has 1 aromatic rings. The van der Waals surface area contributed by atoms with Crippen molar-refractivity contribution in [1.82, 2.24) is 5.32 Å². The van der Waals surface area contributed by atoms with Gasteiger partial charge < -0.3 is 46.1 Å². The number of phenolic OH excluding ortho intramolecular Hbond substituents is 1. The number of rotatable bonds is 9. The average molecular weight is 412 g/mol. The minimum absolute atomic E-state index is 0.0696. The van der Waals surface area contributed by atoms with E-state index in [-0.39, 0.29) is 17.4 Å². The average Bonchev–Trinajstić information content (AvgIpc) is 2.72. The lowest BCUT2D eigenvalue weighted by Gasteiger charge is -2.39. The largest absolute Gasteiger partial charge is 0.504 e. The van der Waals surface area contributed by atoms with Crippen LogP contribution in [0.15, 0.2) is 24.3 Å². The van der Waals surface area contributed by atoms with E-state index in [1.54, 1.807) is 6.07 Å². The highest BCUT2D eigenvalue weighted by atomic mass is 16.7. The molecule has 1 saturated heterocycles. The van der Waals surface area contributed by atoms with Crippen LogP contribution < -0.4 is 15.8 Å². The first-order valence-corrected chi connectivity index (χ1v) is 9.33. The molecule has 0 aromatic heterocycles. The first-order chi connectivity index (χ1) is 13.9. The predicted octanol–water partition coefficient (Wildman–Crippen LogP) is -1.56. The van der Waals surface area contributed by atoms with Gasteiger partial charge in [0.05, 0.1) is 6.61 Å². The molecule has 1 aliphatic heterocycles. The third-order valence-corrected chi connectivity index (χ3v) is 4.43. The van der Waals surface area contributed by atoms with E-state index >= 15 is 0 Å². The van der Waals surface area contributed by atoms with E-state index < -0.39 is 37.3 Å². The van der Waals surface area contributed by atoms with Crippen molar-refractivity contribution in [1.29, 1.82) is 0 Å². The van der Waals surface area contributed by atoms with Crippen molar-refractivity contribution in [2.24, 2.45) is 5.73 Å². The highest BCUT2D eigenvalue weighted by molar-refractivity contribution is 5.91. The molecule has 10 nitrogen and oxygen atoms in total. The van der Waals surface area contributed by atoms with Gasteiger partial charge in [-0.2, -0.15) is 0 Å². The van der Waals surface area contributed by atoms with E-state index in [1.165, 1.54) is 24.3 Å². The fourth-order valence-corrected chi connectivity index (χ4v) is 2.73. The van der Waals surface area contributed by atoms with Crippen molar-refractivity contribution in [2.75, 3.05) is 19.7 Å². The number of aliphatic hydroxyl groups excluding tert-OH is 4. The summed E-state index contributed by atoms with van der Waals surface area (Å²) in [5.74, 6) is -0.614. The third kappa shape index (κ3) is 6.39. The van der Waals surface area contributed by atoms with Gasteiger partial charge >= 0.3 is 0 Å². The fraction of sp³-hybridized carbons (Fsp3) is 0.526. The van der Waals surface area contributed by atoms with Gasteiger partial charge in [-0.05, 0) is 43.2 Å². The zero-order chi connectivity index (χ0) is 21.4. The number of carbonyl (C=O) groups is 1. The number of nitrogens with two attached hydrogens (primary N) is 1. The smallest absolute Gasteiger partial charge is 0.243 e. The Bertz CT molecular complexity index is 697. The number of aromatic hydroxyl groups is 1. The van der Waals surface area contributed by atoms with Gasteiger partial charge in [-0.1, -0.05) is 6.07 Å². The topological polar surface area (TPSA) is 175 Å². The molecule has 8 N–H and O–H groups in total. The van der Waals surface area contributed by atoms with E-state index in [0.29, 0.717) is 18.7 Å². The van der Waals surface area contributed by atoms with Crippen molar-refractivity contribution in [3.63, 3.8) is 0 Å². The normalized spacial score (nSPS) is 27.1. The van der Waals surface area contributed by atoms with Crippen LogP contribution >= 0.6 is 0 Å². The van der Waals surface area contributed by atoms with Gasteiger partial charge in [-0.15, -0.1) is 0 Å². The molecule has 0 unspecified atom stereocenters. The maximum Gasteiger partial charge on any atom is 0.243 e. The second-order valence-corrected chi connectivity index (χ2v) is 6.66. The molecule has 10 heteroatoms.